The summed E-state index contributed by atoms with van der Waals surface area (Å²) in [6.07, 6.45) is 0. The second-order valence-electron chi connectivity index (χ2n) is 4.10. The fourth-order valence-corrected chi connectivity index (χ4v) is 2.51. The van der Waals surface area contributed by atoms with Gasteiger partial charge in [0.15, 0.2) is 5.78 Å². The number of hydrogen-bond acceptors (Lipinski definition) is 6. The van der Waals surface area contributed by atoms with Crippen molar-refractivity contribution in [1.82, 2.24) is 0 Å². The van der Waals surface area contributed by atoms with E-state index in [2.05, 4.69) is 0 Å². The number of hydrogen-bond donors (Lipinski definition) is 0. The van der Waals surface area contributed by atoms with Gasteiger partial charge in [-0.05, 0) is 38.1 Å². The molecular weight excluding hydrogens is 294 g/mol. The van der Waals surface area contributed by atoms with Crippen LogP contribution < -0.4 is 9.47 Å². The van der Waals surface area contributed by atoms with E-state index in [1.165, 1.54) is 13.0 Å². The fourth-order valence-electron chi connectivity index (χ4n) is 1.62. The highest BCUT2D eigenvalue weighted by molar-refractivity contribution is 7.16. The van der Waals surface area contributed by atoms with E-state index in [0.29, 0.717) is 23.0 Å². The molecule has 1 heterocycles. The van der Waals surface area contributed by atoms with Crippen molar-refractivity contribution >= 4 is 22.8 Å². The first-order chi connectivity index (χ1) is 10.0. The molecule has 0 aliphatic rings. The first-order valence-electron chi connectivity index (χ1n) is 6.21. The van der Waals surface area contributed by atoms with Gasteiger partial charge in [-0.25, -0.2) is 0 Å². The van der Waals surface area contributed by atoms with Gasteiger partial charge in [-0.2, -0.15) is 0 Å². The minimum atomic E-state index is -0.563. The molecule has 1 aromatic heterocycles. The molecule has 0 fully saturated rings. The molecule has 7 heteroatoms. The Morgan fingerprint density at radius 1 is 1.29 bits per heavy atom. The third kappa shape index (κ3) is 3.57. The van der Waals surface area contributed by atoms with E-state index in [1.54, 1.807) is 24.3 Å². The third-order valence-corrected chi connectivity index (χ3v) is 3.67. The van der Waals surface area contributed by atoms with E-state index in [9.17, 15) is 14.9 Å². The summed E-state index contributed by atoms with van der Waals surface area (Å²) in [5.74, 6) is 0.901. The van der Waals surface area contributed by atoms with E-state index in [1.807, 2.05) is 6.92 Å². The van der Waals surface area contributed by atoms with Gasteiger partial charge in [0.25, 0.3) is 5.06 Å². The number of carbonyl (C=O) groups excluding carboxylic acids is 1. The normalized spacial score (nSPS) is 10.2. The molecule has 0 aliphatic carbocycles. The molecule has 0 N–H and O–H groups in total. The van der Waals surface area contributed by atoms with Crippen LogP contribution in [-0.4, -0.2) is 17.3 Å². The largest absolute Gasteiger partial charge is 0.494 e. The van der Waals surface area contributed by atoms with Crippen LogP contribution in [0.15, 0.2) is 30.3 Å². The number of benzene rings is 1. The molecule has 0 spiro atoms. The molecule has 0 radical (unpaired) electrons. The predicted molar refractivity (Wildman–Crippen MR) is 78.7 cm³/mol. The van der Waals surface area contributed by atoms with Gasteiger partial charge in [0.1, 0.15) is 11.5 Å². The minimum absolute atomic E-state index is 0.0920. The summed E-state index contributed by atoms with van der Waals surface area (Å²) in [5.41, 5.74) is -0.209. The highest BCUT2D eigenvalue weighted by Crippen LogP contribution is 2.40. The van der Waals surface area contributed by atoms with Gasteiger partial charge in [0.05, 0.1) is 16.4 Å². The maximum Gasteiger partial charge on any atom is 0.323 e. The van der Waals surface area contributed by atoms with Crippen molar-refractivity contribution in [2.45, 2.75) is 13.8 Å². The molecule has 0 atom stereocenters. The van der Waals surface area contributed by atoms with Crippen LogP contribution in [0.2, 0.25) is 0 Å². The maximum absolute atomic E-state index is 11.3. The van der Waals surface area contributed by atoms with Crippen molar-refractivity contribution in [3.63, 3.8) is 0 Å². The summed E-state index contributed by atoms with van der Waals surface area (Å²) in [6, 6.07) is 7.97. The van der Waals surface area contributed by atoms with Crippen LogP contribution in [0.1, 0.15) is 23.5 Å². The number of nitrogens with zero attached hydrogens (tertiary/aromatic N) is 1. The van der Waals surface area contributed by atoms with E-state index < -0.39 is 4.92 Å². The summed E-state index contributed by atoms with van der Waals surface area (Å²) in [4.78, 5) is 22.0. The molecule has 21 heavy (non-hydrogen) atoms. The number of carbonyl (C=O) groups is 1. The molecule has 0 amide bonds. The zero-order valence-corrected chi connectivity index (χ0v) is 12.3. The fraction of sp³-hybridized carbons (Fsp3) is 0.214. The van der Waals surface area contributed by atoms with Crippen molar-refractivity contribution in [2.75, 3.05) is 6.61 Å². The number of rotatable bonds is 6. The third-order valence-electron chi connectivity index (χ3n) is 2.57. The van der Waals surface area contributed by atoms with Crippen LogP contribution in [0, 0.1) is 10.1 Å². The van der Waals surface area contributed by atoms with Crippen molar-refractivity contribution in [2.24, 2.45) is 0 Å². The first kappa shape index (κ1) is 15.0. The van der Waals surface area contributed by atoms with E-state index in [-0.39, 0.29) is 16.5 Å². The zero-order valence-electron chi connectivity index (χ0n) is 11.5. The molecule has 0 unspecified atom stereocenters. The van der Waals surface area contributed by atoms with Gasteiger partial charge in [-0.15, -0.1) is 0 Å². The molecule has 110 valence electrons. The van der Waals surface area contributed by atoms with Gasteiger partial charge < -0.3 is 9.47 Å². The monoisotopic (exact) mass is 307 g/mol. The van der Waals surface area contributed by atoms with E-state index in [0.717, 1.165) is 11.3 Å². The van der Waals surface area contributed by atoms with Crippen LogP contribution in [0.3, 0.4) is 0 Å². The van der Waals surface area contributed by atoms with Crippen LogP contribution in [0.25, 0.3) is 0 Å². The number of Topliss-reactive ketones (excluding diaryl/α,β-unsaturated/α-hetero) is 1. The minimum Gasteiger partial charge on any atom is -0.494 e. The number of ether oxygens (including phenoxy) is 2. The van der Waals surface area contributed by atoms with Crippen molar-refractivity contribution in [3.05, 3.63) is 45.3 Å². The Kier molecular flexibility index (Phi) is 4.54. The van der Waals surface area contributed by atoms with Crippen LogP contribution >= 0.6 is 11.3 Å². The molecule has 6 nitrogen and oxygen atoms in total. The van der Waals surface area contributed by atoms with Crippen molar-refractivity contribution in [1.29, 1.82) is 0 Å². The molecule has 2 aromatic rings. The average molecular weight is 307 g/mol. The van der Waals surface area contributed by atoms with E-state index in [4.69, 9.17) is 9.47 Å². The first-order valence-corrected chi connectivity index (χ1v) is 7.02. The lowest BCUT2D eigenvalue weighted by atomic mass is 10.3. The topological polar surface area (TPSA) is 78.7 Å². The lowest BCUT2D eigenvalue weighted by molar-refractivity contribution is -0.385. The molecule has 2 rings (SSSR count). The van der Waals surface area contributed by atoms with Gasteiger partial charge in [0, 0.05) is 6.07 Å². The van der Waals surface area contributed by atoms with Crippen LogP contribution in [0.4, 0.5) is 5.69 Å². The number of thiophene rings is 1. The SMILES string of the molecule is CCOc1ccc(Oc2sc(C(C)=O)cc2[N+](=O)[O-])cc1. The van der Waals surface area contributed by atoms with Gasteiger partial charge >= 0.3 is 5.69 Å². The lowest BCUT2D eigenvalue weighted by Gasteiger charge is -2.05. The highest BCUT2D eigenvalue weighted by Gasteiger charge is 2.22. The standard InChI is InChI=1S/C14H13NO5S/c1-3-19-10-4-6-11(7-5-10)20-14-12(15(17)18)8-13(21-14)9(2)16/h4-8H,3H2,1-2H3. The summed E-state index contributed by atoms with van der Waals surface area (Å²) in [5, 5.41) is 11.1. The van der Waals surface area contributed by atoms with Gasteiger partial charge in [-0.3, -0.25) is 14.9 Å². The van der Waals surface area contributed by atoms with Gasteiger partial charge in [0.2, 0.25) is 0 Å². The Labute approximate surface area is 125 Å². The molecule has 0 bridgehead atoms. The molecule has 0 saturated carbocycles. The zero-order chi connectivity index (χ0) is 15.4. The number of ketones is 1. The van der Waals surface area contributed by atoms with Crippen LogP contribution in [0.5, 0.6) is 16.6 Å². The predicted octanol–water partition coefficient (Wildman–Crippen LogP) is 4.05. The average Bonchev–Trinajstić information content (AvgIpc) is 2.86. The van der Waals surface area contributed by atoms with Crippen LogP contribution in [-0.2, 0) is 0 Å². The smallest absolute Gasteiger partial charge is 0.323 e. The summed E-state index contributed by atoms with van der Waals surface area (Å²) in [6.45, 7) is 3.79. The lowest BCUT2D eigenvalue weighted by Crippen LogP contribution is -1.91. The quantitative estimate of drug-likeness (QED) is 0.457. The molecule has 0 aliphatic heterocycles. The Bertz CT molecular complexity index is 663. The Morgan fingerprint density at radius 3 is 2.43 bits per heavy atom. The Morgan fingerprint density at radius 2 is 1.90 bits per heavy atom. The summed E-state index contributed by atoms with van der Waals surface area (Å²) >= 11 is 0.961. The molecule has 0 saturated heterocycles. The highest BCUT2D eigenvalue weighted by atomic mass is 32.1. The summed E-state index contributed by atoms with van der Waals surface area (Å²) in [7, 11) is 0. The second kappa shape index (κ2) is 6.36. The molecular formula is C14H13NO5S. The van der Waals surface area contributed by atoms with Gasteiger partial charge in [-0.1, -0.05) is 11.3 Å². The summed E-state index contributed by atoms with van der Waals surface area (Å²) < 4.78 is 10.8. The van der Waals surface area contributed by atoms with Crippen molar-refractivity contribution < 1.29 is 19.2 Å². The van der Waals surface area contributed by atoms with E-state index >= 15 is 0 Å². The Hall–Kier alpha value is -2.41. The second-order valence-corrected chi connectivity index (χ2v) is 5.12. The maximum atomic E-state index is 11.3. The number of nitro groups is 1. The van der Waals surface area contributed by atoms with Crippen molar-refractivity contribution in [3.8, 4) is 16.6 Å². The molecule has 1 aromatic carbocycles. The Balaban J connectivity index is 2.25.